The van der Waals surface area contributed by atoms with E-state index in [4.69, 9.17) is 10.5 Å². The first-order valence-corrected chi connectivity index (χ1v) is 7.58. The minimum atomic E-state index is 0.134. The van der Waals surface area contributed by atoms with Gasteiger partial charge in [0.05, 0.1) is 6.61 Å². The van der Waals surface area contributed by atoms with E-state index in [1.807, 2.05) is 4.90 Å². The summed E-state index contributed by atoms with van der Waals surface area (Å²) >= 11 is 0. The van der Waals surface area contributed by atoms with Gasteiger partial charge in [-0.3, -0.25) is 4.79 Å². The Morgan fingerprint density at radius 3 is 2.63 bits per heavy atom. The van der Waals surface area contributed by atoms with Crippen molar-refractivity contribution in [3.8, 4) is 0 Å². The van der Waals surface area contributed by atoms with Gasteiger partial charge in [0.1, 0.15) is 0 Å². The van der Waals surface area contributed by atoms with Crippen molar-refractivity contribution in [2.75, 3.05) is 33.4 Å². The van der Waals surface area contributed by atoms with E-state index < -0.39 is 0 Å². The lowest BCUT2D eigenvalue weighted by atomic mass is 9.78. The Labute approximate surface area is 117 Å². The molecule has 2 unspecified atom stereocenters. The predicted octanol–water partition coefficient (Wildman–Crippen LogP) is 1.88. The molecule has 0 radical (unpaired) electrons. The molecule has 0 aromatic heterocycles. The molecule has 0 spiro atoms. The van der Waals surface area contributed by atoms with Gasteiger partial charge in [-0.05, 0) is 31.2 Å². The van der Waals surface area contributed by atoms with E-state index in [0.717, 1.165) is 25.8 Å². The summed E-state index contributed by atoms with van der Waals surface area (Å²) in [7, 11) is 1.68. The molecule has 0 saturated heterocycles. The molecule has 0 aromatic rings. The van der Waals surface area contributed by atoms with Crippen molar-refractivity contribution in [2.45, 2.75) is 39.5 Å². The number of ether oxygens (including phenoxy) is 1. The largest absolute Gasteiger partial charge is 0.383 e. The fourth-order valence-electron chi connectivity index (χ4n) is 2.98. The zero-order valence-electron chi connectivity index (χ0n) is 12.7. The second kappa shape index (κ2) is 8.54. The predicted molar refractivity (Wildman–Crippen MR) is 77.8 cm³/mol. The van der Waals surface area contributed by atoms with Crippen LogP contribution in [0.25, 0.3) is 0 Å². The molecule has 2 N–H and O–H groups in total. The Kier molecular flexibility index (Phi) is 7.39. The third-order valence-corrected chi connectivity index (χ3v) is 3.99. The maximum atomic E-state index is 12.7. The summed E-state index contributed by atoms with van der Waals surface area (Å²) in [6.07, 6.45) is 4.48. The molecule has 1 aliphatic carbocycles. The Bertz CT molecular complexity index is 269. The van der Waals surface area contributed by atoms with Crippen LogP contribution < -0.4 is 5.73 Å². The van der Waals surface area contributed by atoms with Gasteiger partial charge in [0.2, 0.25) is 5.91 Å². The van der Waals surface area contributed by atoms with Crippen LogP contribution in [0.5, 0.6) is 0 Å². The lowest BCUT2D eigenvalue weighted by Gasteiger charge is -2.35. The molecule has 4 nitrogen and oxygen atoms in total. The SMILES string of the molecule is COCCN(CC(C)C)C(=O)C1CCCCC1CN. The number of nitrogens with zero attached hydrogens (tertiary/aromatic N) is 1. The van der Waals surface area contributed by atoms with Crippen LogP contribution >= 0.6 is 0 Å². The first-order valence-electron chi connectivity index (χ1n) is 7.58. The fourth-order valence-corrected chi connectivity index (χ4v) is 2.98. The lowest BCUT2D eigenvalue weighted by Crippen LogP contribution is -2.44. The topological polar surface area (TPSA) is 55.6 Å². The number of nitrogens with two attached hydrogens (primary N) is 1. The molecule has 1 amide bonds. The molecule has 1 saturated carbocycles. The maximum absolute atomic E-state index is 12.7. The van der Waals surface area contributed by atoms with Gasteiger partial charge in [-0.25, -0.2) is 0 Å². The molecule has 0 aromatic carbocycles. The van der Waals surface area contributed by atoms with E-state index in [-0.39, 0.29) is 5.92 Å². The van der Waals surface area contributed by atoms with Crippen LogP contribution in [0.1, 0.15) is 39.5 Å². The Morgan fingerprint density at radius 2 is 2.05 bits per heavy atom. The second-order valence-corrected chi connectivity index (χ2v) is 6.06. The Balaban J connectivity index is 2.66. The van der Waals surface area contributed by atoms with Crippen molar-refractivity contribution in [1.29, 1.82) is 0 Å². The first kappa shape index (κ1) is 16.4. The van der Waals surface area contributed by atoms with E-state index in [0.29, 0.717) is 37.4 Å². The highest BCUT2D eigenvalue weighted by Crippen LogP contribution is 2.31. The molecule has 1 fully saturated rings. The molecule has 19 heavy (non-hydrogen) atoms. The standard InChI is InChI=1S/C15H30N2O2/c1-12(2)11-17(8-9-19-3)15(18)14-7-5-4-6-13(14)10-16/h12-14H,4-11,16H2,1-3H3. The number of hydrogen-bond acceptors (Lipinski definition) is 3. The van der Waals surface area contributed by atoms with Crippen molar-refractivity contribution in [3.63, 3.8) is 0 Å². The first-order chi connectivity index (χ1) is 9.10. The highest BCUT2D eigenvalue weighted by atomic mass is 16.5. The molecule has 2 atom stereocenters. The van der Waals surface area contributed by atoms with Crippen molar-refractivity contribution < 1.29 is 9.53 Å². The molecule has 112 valence electrons. The van der Waals surface area contributed by atoms with E-state index in [1.54, 1.807) is 7.11 Å². The van der Waals surface area contributed by atoms with Gasteiger partial charge in [0, 0.05) is 26.1 Å². The molecule has 0 bridgehead atoms. The number of hydrogen-bond donors (Lipinski definition) is 1. The minimum Gasteiger partial charge on any atom is -0.383 e. The zero-order chi connectivity index (χ0) is 14.3. The molecule has 4 heteroatoms. The molecular formula is C15H30N2O2. The smallest absolute Gasteiger partial charge is 0.226 e. The van der Waals surface area contributed by atoms with E-state index in [2.05, 4.69) is 13.8 Å². The van der Waals surface area contributed by atoms with Gasteiger partial charge >= 0.3 is 0 Å². The summed E-state index contributed by atoms with van der Waals surface area (Å²) in [5.74, 6) is 1.29. The van der Waals surface area contributed by atoms with Gasteiger partial charge in [-0.15, -0.1) is 0 Å². The fraction of sp³-hybridized carbons (Fsp3) is 0.933. The summed E-state index contributed by atoms with van der Waals surface area (Å²) < 4.78 is 5.13. The average molecular weight is 270 g/mol. The summed E-state index contributed by atoms with van der Waals surface area (Å²) in [6.45, 7) is 7.05. The lowest BCUT2D eigenvalue weighted by molar-refractivity contribution is -0.139. The average Bonchev–Trinajstić information content (AvgIpc) is 2.42. The number of methoxy groups -OCH3 is 1. The van der Waals surface area contributed by atoms with Gasteiger partial charge in [-0.1, -0.05) is 26.7 Å². The van der Waals surface area contributed by atoms with Crippen LogP contribution in [-0.2, 0) is 9.53 Å². The minimum absolute atomic E-state index is 0.134. The zero-order valence-corrected chi connectivity index (χ0v) is 12.7. The van der Waals surface area contributed by atoms with Crippen LogP contribution in [-0.4, -0.2) is 44.2 Å². The van der Waals surface area contributed by atoms with Crippen molar-refractivity contribution >= 4 is 5.91 Å². The van der Waals surface area contributed by atoms with Crippen LogP contribution in [0.15, 0.2) is 0 Å². The third kappa shape index (κ3) is 5.11. The van der Waals surface area contributed by atoms with Crippen molar-refractivity contribution in [1.82, 2.24) is 4.90 Å². The van der Waals surface area contributed by atoms with E-state index in [1.165, 1.54) is 6.42 Å². The summed E-state index contributed by atoms with van der Waals surface area (Å²) in [5, 5.41) is 0. The summed E-state index contributed by atoms with van der Waals surface area (Å²) in [5.41, 5.74) is 5.84. The number of carbonyl (C=O) groups is 1. The maximum Gasteiger partial charge on any atom is 0.226 e. The molecule has 1 aliphatic rings. The van der Waals surface area contributed by atoms with Gasteiger partial charge in [-0.2, -0.15) is 0 Å². The Morgan fingerprint density at radius 1 is 1.37 bits per heavy atom. The number of carbonyl (C=O) groups excluding carboxylic acids is 1. The molecule has 1 rings (SSSR count). The molecule has 0 aliphatic heterocycles. The van der Waals surface area contributed by atoms with Crippen LogP contribution in [0, 0.1) is 17.8 Å². The Hall–Kier alpha value is -0.610. The van der Waals surface area contributed by atoms with Crippen LogP contribution in [0.4, 0.5) is 0 Å². The second-order valence-electron chi connectivity index (χ2n) is 6.06. The van der Waals surface area contributed by atoms with Gasteiger partial charge in [0.15, 0.2) is 0 Å². The quantitative estimate of drug-likeness (QED) is 0.768. The third-order valence-electron chi connectivity index (χ3n) is 3.99. The van der Waals surface area contributed by atoms with E-state index in [9.17, 15) is 4.79 Å². The molecular weight excluding hydrogens is 240 g/mol. The van der Waals surface area contributed by atoms with Crippen LogP contribution in [0.3, 0.4) is 0 Å². The highest BCUT2D eigenvalue weighted by molar-refractivity contribution is 5.79. The summed E-state index contributed by atoms with van der Waals surface area (Å²) in [4.78, 5) is 14.7. The highest BCUT2D eigenvalue weighted by Gasteiger charge is 2.32. The van der Waals surface area contributed by atoms with Gasteiger partial charge in [0.25, 0.3) is 0 Å². The van der Waals surface area contributed by atoms with E-state index >= 15 is 0 Å². The molecule has 0 heterocycles. The van der Waals surface area contributed by atoms with Crippen LogP contribution in [0.2, 0.25) is 0 Å². The number of rotatable bonds is 7. The number of amides is 1. The normalized spacial score (nSPS) is 23.6. The van der Waals surface area contributed by atoms with Crippen molar-refractivity contribution in [2.24, 2.45) is 23.5 Å². The summed E-state index contributed by atoms with van der Waals surface area (Å²) in [6, 6.07) is 0. The van der Waals surface area contributed by atoms with Gasteiger partial charge < -0.3 is 15.4 Å². The van der Waals surface area contributed by atoms with Crippen molar-refractivity contribution in [3.05, 3.63) is 0 Å². The monoisotopic (exact) mass is 270 g/mol.